The van der Waals surface area contributed by atoms with E-state index in [0.717, 1.165) is 0 Å². The first-order valence-corrected chi connectivity index (χ1v) is 9.48. The van der Waals surface area contributed by atoms with Gasteiger partial charge in [-0.15, -0.1) is 0 Å². The minimum atomic E-state index is -1.52. The van der Waals surface area contributed by atoms with Crippen LogP contribution in [0.2, 0.25) is 0 Å². The van der Waals surface area contributed by atoms with Gasteiger partial charge in [-0.1, -0.05) is 0 Å². The maximum Gasteiger partial charge on any atom is 0.264 e. The highest BCUT2D eigenvalue weighted by Gasteiger charge is 2.29. The first-order chi connectivity index (χ1) is 7.90. The summed E-state index contributed by atoms with van der Waals surface area (Å²) in [5.74, 6) is 0. The van der Waals surface area contributed by atoms with Crippen LogP contribution in [-0.4, -0.2) is 23.4 Å². The second kappa shape index (κ2) is 9.70. The molecule has 0 amide bonds. The molecule has 0 bridgehead atoms. The van der Waals surface area contributed by atoms with E-state index in [1.165, 1.54) is 0 Å². The van der Waals surface area contributed by atoms with E-state index in [0.29, 0.717) is 13.0 Å². The van der Waals surface area contributed by atoms with Crippen LogP contribution in [-0.2, 0) is 8.83 Å². The zero-order chi connectivity index (χ0) is 13.4. The van der Waals surface area contributed by atoms with E-state index < -0.39 is 15.4 Å². The summed E-state index contributed by atoms with van der Waals surface area (Å²) in [5.41, 5.74) is 0. The smallest absolute Gasteiger partial charge is 0.264 e. The van der Waals surface area contributed by atoms with Gasteiger partial charge in [0.15, 0.2) is 0 Å². The topological polar surface area (TPSA) is 45.5 Å². The number of hydrogen-bond acceptors (Lipinski definition) is 4. The Balaban J connectivity index is 4.56. The quantitative estimate of drug-likeness (QED) is 0.467. The first-order valence-electron chi connectivity index (χ1n) is 5.28. The Bertz CT molecular complexity index is 242. The second-order valence-corrected chi connectivity index (χ2v) is 8.44. The fourth-order valence-electron chi connectivity index (χ4n) is 1.33. The van der Waals surface area contributed by atoms with Crippen LogP contribution in [0.1, 0.15) is 34.1 Å². The lowest BCUT2D eigenvalue weighted by Gasteiger charge is -2.35. The molecule has 0 radical (unpaired) electrons. The van der Waals surface area contributed by atoms with Crippen molar-refractivity contribution >= 4 is 37.9 Å². The number of rotatable bonds is 8. The molecule has 17 heavy (non-hydrogen) atoms. The zero-order valence-electron chi connectivity index (χ0n) is 10.4. The van der Waals surface area contributed by atoms with E-state index in [2.05, 4.69) is 32.4 Å². The van der Waals surface area contributed by atoms with Crippen LogP contribution in [0.4, 0.5) is 0 Å². The maximum absolute atomic E-state index is 8.49. The monoisotopic (exact) mass is 318 g/mol. The van der Waals surface area contributed by atoms with E-state index in [1.54, 1.807) is 0 Å². The van der Waals surface area contributed by atoms with Crippen molar-refractivity contribution in [3.8, 4) is 6.07 Å². The van der Waals surface area contributed by atoms with Gasteiger partial charge in [0.25, 0.3) is 8.53 Å². The summed E-state index contributed by atoms with van der Waals surface area (Å²) in [6.07, 6.45) is 0.328. The van der Waals surface area contributed by atoms with Gasteiger partial charge in [-0.25, -0.2) is 4.67 Å². The van der Waals surface area contributed by atoms with Gasteiger partial charge in [0.1, 0.15) is 0 Å². The van der Waals surface area contributed by atoms with Crippen molar-refractivity contribution < 1.29 is 8.83 Å². The average molecular weight is 319 g/mol. The molecule has 0 fully saturated rings. The molecule has 0 heterocycles. The predicted molar refractivity (Wildman–Crippen MR) is 74.9 cm³/mol. The van der Waals surface area contributed by atoms with Crippen molar-refractivity contribution in [2.45, 2.75) is 46.2 Å². The van der Waals surface area contributed by atoms with Crippen molar-refractivity contribution in [1.82, 2.24) is 4.67 Å². The minimum Gasteiger partial charge on any atom is -0.321 e. The summed E-state index contributed by atoms with van der Waals surface area (Å²) in [6.45, 7) is 7.02. The molecule has 0 aromatic rings. The Kier molecular flexibility index (Phi) is 10.2. The molecule has 8 heteroatoms. The Morgan fingerprint density at radius 3 is 2.12 bits per heavy atom. The average Bonchev–Trinajstić information content (AvgIpc) is 2.15. The summed E-state index contributed by atoms with van der Waals surface area (Å²) in [5, 5.41) is 8.49. The lowest BCUT2D eigenvalue weighted by molar-refractivity contribution is 0.225. The van der Waals surface area contributed by atoms with Gasteiger partial charge < -0.3 is 4.52 Å². The summed E-state index contributed by atoms with van der Waals surface area (Å²) >= 11 is 11.4. The molecule has 1 unspecified atom stereocenters. The van der Waals surface area contributed by atoms with Crippen molar-refractivity contribution in [2.75, 3.05) is 6.61 Å². The van der Waals surface area contributed by atoms with Gasteiger partial charge in [0.2, 0.25) is 6.85 Å². The normalized spacial score (nSPS) is 13.7. The number of nitrogens with zero attached hydrogens (tertiary/aromatic N) is 2. The molecule has 1 atom stereocenters. The highest BCUT2D eigenvalue weighted by Crippen LogP contribution is 2.62. The van der Waals surface area contributed by atoms with Crippen LogP contribution in [0, 0.1) is 11.3 Å². The molecular formula is C9H18Cl2N2O2P2. The molecule has 0 aromatic heterocycles. The lowest BCUT2D eigenvalue weighted by Crippen LogP contribution is -2.33. The summed E-state index contributed by atoms with van der Waals surface area (Å²) in [6, 6.07) is 2.54. The zero-order valence-corrected chi connectivity index (χ0v) is 13.7. The standard InChI is InChI=1S/C9H18Cl2N2O2P2/c1-8(2)13(9(3)4)17(15-16(10)11)14-7-5-6-12/h8-9H,5,7H2,1-4H3. The van der Waals surface area contributed by atoms with E-state index in [1.807, 2.05) is 6.07 Å². The van der Waals surface area contributed by atoms with E-state index in [-0.39, 0.29) is 12.1 Å². The SMILES string of the molecule is CC(C)N(C(C)C)P(OCCC#N)OP(Cl)Cl. The Hall–Kier alpha value is 0.810. The number of nitriles is 1. The first kappa shape index (κ1) is 17.8. The molecular weight excluding hydrogens is 301 g/mol. The molecule has 100 valence electrons. The van der Waals surface area contributed by atoms with Crippen molar-refractivity contribution in [1.29, 1.82) is 5.26 Å². The minimum absolute atomic E-state index is 0.256. The largest absolute Gasteiger partial charge is 0.321 e. The summed E-state index contributed by atoms with van der Waals surface area (Å²) in [4.78, 5) is 0. The third-order valence-corrected chi connectivity index (χ3v) is 5.66. The molecule has 0 aliphatic rings. The predicted octanol–water partition coefficient (Wildman–Crippen LogP) is 4.98. The van der Waals surface area contributed by atoms with Crippen molar-refractivity contribution in [2.24, 2.45) is 0 Å². The fourth-order valence-corrected chi connectivity index (χ4v) is 4.36. The summed E-state index contributed by atoms with van der Waals surface area (Å²) < 4.78 is 13.1. The molecule has 4 nitrogen and oxygen atoms in total. The van der Waals surface area contributed by atoms with Gasteiger partial charge in [-0.2, -0.15) is 5.26 Å². The van der Waals surface area contributed by atoms with Crippen LogP contribution in [0.15, 0.2) is 0 Å². The molecule has 0 saturated heterocycles. The third kappa shape index (κ3) is 7.75. The molecule has 0 aliphatic carbocycles. The van der Waals surface area contributed by atoms with Gasteiger partial charge in [0.05, 0.1) is 19.1 Å². The molecule has 0 spiro atoms. The van der Waals surface area contributed by atoms with Gasteiger partial charge >= 0.3 is 0 Å². The Labute approximate surface area is 116 Å². The molecule has 0 rings (SSSR count). The fraction of sp³-hybridized carbons (Fsp3) is 0.889. The van der Waals surface area contributed by atoms with Crippen LogP contribution in [0.3, 0.4) is 0 Å². The Morgan fingerprint density at radius 2 is 1.76 bits per heavy atom. The Morgan fingerprint density at radius 1 is 1.24 bits per heavy atom. The van der Waals surface area contributed by atoms with Crippen LogP contribution in [0.25, 0.3) is 0 Å². The van der Waals surface area contributed by atoms with Crippen LogP contribution < -0.4 is 0 Å². The number of hydrogen-bond donors (Lipinski definition) is 0. The van der Waals surface area contributed by atoms with E-state index in [9.17, 15) is 0 Å². The van der Waals surface area contributed by atoms with Crippen LogP contribution in [0.5, 0.6) is 0 Å². The van der Waals surface area contributed by atoms with Gasteiger partial charge in [-0.05, 0) is 50.2 Å². The molecule has 0 N–H and O–H groups in total. The van der Waals surface area contributed by atoms with E-state index >= 15 is 0 Å². The molecule has 0 aromatic carbocycles. The highest BCUT2D eigenvalue weighted by atomic mass is 35.9. The molecule has 0 aliphatic heterocycles. The lowest BCUT2D eigenvalue weighted by atomic mass is 10.3. The van der Waals surface area contributed by atoms with Crippen molar-refractivity contribution in [3.05, 3.63) is 0 Å². The highest BCUT2D eigenvalue weighted by molar-refractivity contribution is 8.02. The van der Waals surface area contributed by atoms with Gasteiger partial charge in [-0.3, -0.25) is 4.31 Å². The maximum atomic E-state index is 8.49. The van der Waals surface area contributed by atoms with Crippen LogP contribution >= 0.6 is 37.9 Å². The summed E-state index contributed by atoms with van der Waals surface area (Å²) in [7, 11) is -1.31. The van der Waals surface area contributed by atoms with Crippen molar-refractivity contribution in [3.63, 3.8) is 0 Å². The number of halogens is 2. The molecule has 0 saturated carbocycles. The second-order valence-electron chi connectivity index (χ2n) is 3.83. The van der Waals surface area contributed by atoms with E-state index in [4.69, 9.17) is 36.6 Å². The van der Waals surface area contributed by atoms with Gasteiger partial charge in [0, 0.05) is 12.1 Å². The third-order valence-electron chi connectivity index (χ3n) is 1.79.